The number of hydrogen-bond acceptors (Lipinski definition) is 6. The lowest BCUT2D eigenvalue weighted by atomic mass is 9.70. The van der Waals surface area contributed by atoms with Gasteiger partial charge in [-0.15, -0.1) is 0 Å². The smallest absolute Gasteiger partial charge is 0.338 e. The molecule has 4 aromatic carbocycles. The number of esters is 2. The van der Waals surface area contributed by atoms with Crippen LogP contribution < -0.4 is 11.1 Å². The molecule has 5 atom stereocenters. The van der Waals surface area contributed by atoms with E-state index in [0.29, 0.717) is 11.1 Å². The highest BCUT2D eigenvalue weighted by atomic mass is 16.6. The van der Waals surface area contributed by atoms with Crippen molar-refractivity contribution in [3.05, 3.63) is 136 Å². The molecule has 0 saturated heterocycles. The summed E-state index contributed by atoms with van der Waals surface area (Å²) in [6.07, 6.45) is 2.36. The number of anilines is 1. The van der Waals surface area contributed by atoms with E-state index in [4.69, 9.17) is 15.2 Å². The van der Waals surface area contributed by atoms with Crippen molar-refractivity contribution in [2.24, 2.45) is 5.73 Å². The number of nitrogens with one attached hydrogen (secondary N) is 1. The monoisotopic (exact) mass is 618 g/mol. The van der Waals surface area contributed by atoms with Crippen LogP contribution in [0, 0.1) is 6.92 Å². The first-order chi connectivity index (χ1) is 22.3. The van der Waals surface area contributed by atoms with Crippen LogP contribution in [-0.4, -0.2) is 30.7 Å². The lowest BCUT2D eigenvalue weighted by Gasteiger charge is -2.42. The highest BCUT2D eigenvalue weighted by Crippen LogP contribution is 2.46. The molecular formula is C40H46N2O4. The minimum Gasteiger partial charge on any atom is -0.454 e. The number of carbonyl (C=O) groups excluding carboxylic acids is 2. The lowest BCUT2D eigenvalue weighted by Crippen LogP contribution is -2.46. The Morgan fingerprint density at radius 2 is 1.39 bits per heavy atom. The molecule has 0 radical (unpaired) electrons. The van der Waals surface area contributed by atoms with Gasteiger partial charge in [0, 0.05) is 24.2 Å². The summed E-state index contributed by atoms with van der Waals surface area (Å²) in [7, 11) is 0. The van der Waals surface area contributed by atoms with Gasteiger partial charge >= 0.3 is 11.9 Å². The Labute approximate surface area is 273 Å². The molecule has 46 heavy (non-hydrogen) atoms. The van der Waals surface area contributed by atoms with E-state index in [2.05, 4.69) is 50.4 Å². The first-order valence-corrected chi connectivity index (χ1v) is 16.6. The van der Waals surface area contributed by atoms with Gasteiger partial charge in [0.2, 0.25) is 0 Å². The van der Waals surface area contributed by atoms with Crippen molar-refractivity contribution in [3.63, 3.8) is 0 Å². The number of fused-ring (bicyclic) bond motifs is 1. The molecular weight excluding hydrogens is 572 g/mol. The van der Waals surface area contributed by atoms with Crippen molar-refractivity contribution in [1.82, 2.24) is 0 Å². The van der Waals surface area contributed by atoms with Crippen LogP contribution in [-0.2, 0) is 9.47 Å². The molecule has 240 valence electrons. The van der Waals surface area contributed by atoms with Gasteiger partial charge in [0.1, 0.15) is 6.10 Å². The molecule has 3 N–H and O–H groups in total. The van der Waals surface area contributed by atoms with E-state index in [9.17, 15) is 9.59 Å². The normalized spacial score (nSPS) is 19.5. The first-order valence-electron chi connectivity index (χ1n) is 16.6. The minimum absolute atomic E-state index is 0.167. The molecule has 0 fully saturated rings. The van der Waals surface area contributed by atoms with E-state index in [1.807, 2.05) is 67.6 Å². The fourth-order valence-corrected chi connectivity index (χ4v) is 6.54. The Morgan fingerprint density at radius 1 is 0.761 bits per heavy atom. The fraction of sp³-hybridized carbons (Fsp3) is 0.350. The Bertz CT molecular complexity index is 1650. The van der Waals surface area contributed by atoms with Gasteiger partial charge in [0.25, 0.3) is 0 Å². The van der Waals surface area contributed by atoms with Crippen molar-refractivity contribution in [2.45, 2.75) is 83.5 Å². The largest absolute Gasteiger partial charge is 0.454 e. The molecule has 0 aliphatic heterocycles. The number of hydrogen-bond donors (Lipinski definition) is 2. The summed E-state index contributed by atoms with van der Waals surface area (Å²) in [6.45, 7) is 9.16. The van der Waals surface area contributed by atoms with Gasteiger partial charge in [-0.2, -0.15) is 0 Å². The zero-order valence-electron chi connectivity index (χ0n) is 27.4. The van der Waals surface area contributed by atoms with Crippen LogP contribution >= 0.6 is 0 Å². The van der Waals surface area contributed by atoms with E-state index >= 15 is 0 Å². The molecule has 4 aromatic rings. The van der Waals surface area contributed by atoms with Gasteiger partial charge < -0.3 is 20.5 Å². The third-order valence-corrected chi connectivity index (χ3v) is 9.08. The average Bonchev–Trinajstić information content (AvgIpc) is 3.07. The van der Waals surface area contributed by atoms with Crippen molar-refractivity contribution >= 4 is 17.6 Å². The summed E-state index contributed by atoms with van der Waals surface area (Å²) >= 11 is 0. The highest BCUT2D eigenvalue weighted by Gasteiger charge is 2.47. The molecule has 1 aliphatic carbocycles. The Balaban J connectivity index is 1.54. The first kappa shape index (κ1) is 33.0. The molecule has 0 amide bonds. The van der Waals surface area contributed by atoms with Crippen molar-refractivity contribution in [2.75, 3.05) is 11.9 Å². The standard InChI is InChI=1S/C40H46N2O4/c1-5-7-23-42-31-19-13-18-30(25-31)40(44)45-37-27(4)33-21-10-11-22-34(33)36(32-20-9-8-15-26(32)3)38(37)46-39(43)29-17-12-16-28(24-29)35(41)14-6-2/h8-13,15-22,24-25,27,35-38,42H,5-7,14,23,41H2,1-4H3. The Kier molecular flexibility index (Phi) is 10.9. The maximum Gasteiger partial charge on any atom is 0.338 e. The van der Waals surface area contributed by atoms with E-state index < -0.39 is 24.1 Å². The van der Waals surface area contributed by atoms with Gasteiger partial charge in [-0.25, -0.2) is 9.59 Å². The van der Waals surface area contributed by atoms with E-state index in [1.54, 1.807) is 12.1 Å². The van der Waals surface area contributed by atoms with Crippen LogP contribution in [0.5, 0.6) is 0 Å². The van der Waals surface area contributed by atoms with Crippen molar-refractivity contribution < 1.29 is 19.1 Å². The SMILES string of the molecule is CCCCNc1cccc(C(=O)OC2C(C)c3ccccc3C(c3ccccc3C)C2OC(=O)c2cccc(C(N)CCC)c2)c1. The summed E-state index contributed by atoms with van der Waals surface area (Å²) in [6, 6.07) is 30.9. The second-order valence-corrected chi connectivity index (χ2v) is 12.4. The van der Waals surface area contributed by atoms with Gasteiger partial charge in [-0.1, -0.05) is 100 Å². The van der Waals surface area contributed by atoms with Crippen molar-refractivity contribution in [1.29, 1.82) is 0 Å². The zero-order valence-corrected chi connectivity index (χ0v) is 27.4. The molecule has 0 spiro atoms. The van der Waals surface area contributed by atoms with Crippen LogP contribution in [0.2, 0.25) is 0 Å². The van der Waals surface area contributed by atoms with Crippen molar-refractivity contribution in [3.8, 4) is 0 Å². The average molecular weight is 619 g/mol. The van der Waals surface area contributed by atoms with Gasteiger partial charge in [0.15, 0.2) is 6.10 Å². The van der Waals surface area contributed by atoms with E-state index in [1.165, 1.54) is 0 Å². The third-order valence-electron chi connectivity index (χ3n) is 9.08. The maximum absolute atomic E-state index is 14.0. The molecule has 6 heteroatoms. The quantitative estimate of drug-likeness (QED) is 0.122. The molecule has 1 aliphatic rings. The molecule has 5 rings (SSSR count). The zero-order chi connectivity index (χ0) is 32.6. The van der Waals surface area contributed by atoms with Crippen LogP contribution in [0.25, 0.3) is 0 Å². The topological polar surface area (TPSA) is 90.6 Å². The number of aryl methyl sites for hydroxylation is 1. The molecule has 0 bridgehead atoms. The highest BCUT2D eigenvalue weighted by molar-refractivity contribution is 5.91. The number of ether oxygens (including phenoxy) is 2. The van der Waals surface area contributed by atoms with Crippen LogP contribution in [0.1, 0.15) is 113 Å². The van der Waals surface area contributed by atoms with E-state index in [-0.39, 0.29) is 17.9 Å². The minimum atomic E-state index is -0.777. The Morgan fingerprint density at radius 3 is 2.09 bits per heavy atom. The predicted octanol–water partition coefficient (Wildman–Crippen LogP) is 8.71. The molecule has 0 heterocycles. The van der Waals surface area contributed by atoms with Crippen LogP contribution in [0.15, 0.2) is 97.1 Å². The number of benzene rings is 4. The number of unbranched alkanes of at least 4 members (excludes halogenated alkanes) is 1. The number of carbonyl (C=O) groups is 2. The molecule has 5 unspecified atom stereocenters. The summed E-state index contributed by atoms with van der Waals surface area (Å²) in [5.41, 5.74) is 13.3. The van der Waals surface area contributed by atoms with Gasteiger partial charge in [-0.05, 0) is 77.9 Å². The lowest BCUT2D eigenvalue weighted by molar-refractivity contribution is -0.0532. The summed E-state index contributed by atoms with van der Waals surface area (Å²) < 4.78 is 12.9. The fourth-order valence-electron chi connectivity index (χ4n) is 6.54. The van der Waals surface area contributed by atoms with E-state index in [0.717, 1.165) is 65.7 Å². The summed E-state index contributed by atoms with van der Waals surface area (Å²) in [5.74, 6) is -1.49. The summed E-state index contributed by atoms with van der Waals surface area (Å²) in [4.78, 5) is 27.8. The molecule has 0 saturated carbocycles. The van der Waals surface area contributed by atoms with Gasteiger partial charge in [-0.3, -0.25) is 0 Å². The second-order valence-electron chi connectivity index (χ2n) is 12.4. The summed E-state index contributed by atoms with van der Waals surface area (Å²) in [5, 5.41) is 3.39. The number of nitrogens with two attached hydrogens (primary N) is 1. The third kappa shape index (κ3) is 7.34. The molecule has 0 aromatic heterocycles. The number of rotatable bonds is 12. The molecule has 6 nitrogen and oxygen atoms in total. The predicted molar refractivity (Wildman–Crippen MR) is 184 cm³/mol. The van der Waals surface area contributed by atoms with Crippen LogP contribution in [0.3, 0.4) is 0 Å². The van der Waals surface area contributed by atoms with Gasteiger partial charge in [0.05, 0.1) is 17.0 Å². The maximum atomic E-state index is 14.0. The second kappa shape index (κ2) is 15.2. The Hall–Kier alpha value is -4.42. The van der Waals surface area contributed by atoms with Crippen LogP contribution in [0.4, 0.5) is 5.69 Å².